The van der Waals surface area contributed by atoms with Gasteiger partial charge in [-0.3, -0.25) is 10.0 Å². The Morgan fingerprint density at radius 2 is 1.92 bits per heavy atom. The molecule has 1 aromatic heterocycles. The minimum atomic E-state index is -0.539. The number of nitrogens with one attached hydrogen (secondary N) is 3. The van der Waals surface area contributed by atoms with E-state index < -0.39 is 5.91 Å². The number of aromatic nitrogens is 1. The molecule has 1 amide bonds. The third-order valence-electron chi connectivity index (χ3n) is 4.16. The van der Waals surface area contributed by atoms with Crippen molar-refractivity contribution in [2.24, 2.45) is 0 Å². The Morgan fingerprint density at radius 1 is 1.15 bits per heavy atom. The van der Waals surface area contributed by atoms with Gasteiger partial charge in [0.05, 0.1) is 3.70 Å². The molecule has 0 bridgehead atoms. The number of hydrogen-bond acceptors (Lipinski definition) is 3. The molecule has 0 aliphatic heterocycles. The summed E-state index contributed by atoms with van der Waals surface area (Å²) in [6.45, 7) is 1.69. The van der Waals surface area contributed by atoms with E-state index in [4.69, 9.17) is 5.21 Å². The van der Waals surface area contributed by atoms with Crippen LogP contribution in [-0.4, -0.2) is 22.6 Å². The molecular formula is C20H20IN3O2. The SMILES string of the molecule is O=C(/C=C/c1ccc(CNCCc2c(I)[nH]c3ccccc23)cc1)NO. The van der Waals surface area contributed by atoms with E-state index in [2.05, 4.69) is 51.1 Å². The Bertz CT molecular complexity index is 916. The summed E-state index contributed by atoms with van der Waals surface area (Å²) in [5, 5.41) is 13.2. The molecule has 3 rings (SSSR count). The number of para-hydroxylation sites is 1. The van der Waals surface area contributed by atoms with Crippen molar-refractivity contribution in [2.45, 2.75) is 13.0 Å². The summed E-state index contributed by atoms with van der Waals surface area (Å²) in [4.78, 5) is 14.4. The van der Waals surface area contributed by atoms with Crippen molar-refractivity contribution in [1.82, 2.24) is 15.8 Å². The van der Waals surface area contributed by atoms with Crippen LogP contribution < -0.4 is 10.8 Å². The molecule has 0 saturated carbocycles. The Labute approximate surface area is 165 Å². The number of hydrogen-bond donors (Lipinski definition) is 4. The van der Waals surface area contributed by atoms with Crippen molar-refractivity contribution in [3.05, 3.63) is 75.0 Å². The van der Waals surface area contributed by atoms with Gasteiger partial charge in [0.15, 0.2) is 0 Å². The minimum absolute atomic E-state index is 0.539. The zero-order valence-corrected chi connectivity index (χ0v) is 16.3. The molecule has 0 aliphatic rings. The summed E-state index contributed by atoms with van der Waals surface area (Å²) in [6, 6.07) is 16.3. The molecule has 5 nitrogen and oxygen atoms in total. The largest absolute Gasteiger partial charge is 0.350 e. The van der Waals surface area contributed by atoms with Crippen LogP contribution in [0.25, 0.3) is 17.0 Å². The fourth-order valence-corrected chi connectivity index (χ4v) is 3.66. The molecule has 0 saturated heterocycles. The van der Waals surface area contributed by atoms with E-state index >= 15 is 0 Å². The van der Waals surface area contributed by atoms with E-state index in [9.17, 15) is 4.79 Å². The first kappa shape index (κ1) is 18.6. The van der Waals surface area contributed by atoms with Crippen LogP contribution in [0.3, 0.4) is 0 Å². The number of rotatable bonds is 7. The van der Waals surface area contributed by atoms with Gasteiger partial charge >= 0.3 is 0 Å². The van der Waals surface area contributed by atoms with Gasteiger partial charge in [0.2, 0.25) is 0 Å². The molecule has 0 atom stereocenters. The highest BCUT2D eigenvalue weighted by Crippen LogP contribution is 2.23. The van der Waals surface area contributed by atoms with E-state index in [1.165, 1.54) is 31.8 Å². The topological polar surface area (TPSA) is 77.2 Å². The lowest BCUT2D eigenvalue weighted by Crippen LogP contribution is -2.16. The molecule has 0 fully saturated rings. The lowest BCUT2D eigenvalue weighted by atomic mass is 10.1. The number of amides is 1. The Morgan fingerprint density at radius 3 is 2.69 bits per heavy atom. The lowest BCUT2D eigenvalue weighted by Gasteiger charge is -2.06. The second kappa shape index (κ2) is 8.98. The van der Waals surface area contributed by atoms with E-state index in [-0.39, 0.29) is 0 Å². The first-order chi connectivity index (χ1) is 12.7. The van der Waals surface area contributed by atoms with Gasteiger partial charge in [-0.15, -0.1) is 0 Å². The molecule has 4 N–H and O–H groups in total. The fraction of sp³-hybridized carbons (Fsp3) is 0.150. The molecule has 2 aromatic carbocycles. The third-order valence-corrected chi connectivity index (χ3v) is 5.08. The Kier molecular flexibility index (Phi) is 6.43. The van der Waals surface area contributed by atoms with E-state index in [0.29, 0.717) is 0 Å². The summed E-state index contributed by atoms with van der Waals surface area (Å²) in [5.74, 6) is -0.539. The van der Waals surface area contributed by atoms with Gasteiger partial charge in [-0.2, -0.15) is 0 Å². The lowest BCUT2D eigenvalue weighted by molar-refractivity contribution is -0.124. The van der Waals surface area contributed by atoms with Crippen LogP contribution in [0.15, 0.2) is 54.6 Å². The third kappa shape index (κ3) is 4.72. The number of halogens is 1. The summed E-state index contributed by atoms with van der Waals surface area (Å²) in [5.41, 5.74) is 6.20. The van der Waals surface area contributed by atoms with Crippen LogP contribution in [0.2, 0.25) is 0 Å². The van der Waals surface area contributed by atoms with Gasteiger partial charge in [-0.25, -0.2) is 5.48 Å². The zero-order chi connectivity index (χ0) is 18.4. The minimum Gasteiger partial charge on any atom is -0.350 e. The van der Waals surface area contributed by atoms with Gasteiger partial charge in [-0.05, 0) is 64.4 Å². The first-order valence-electron chi connectivity index (χ1n) is 8.34. The maximum absolute atomic E-state index is 11.0. The average Bonchev–Trinajstić information content (AvgIpc) is 2.99. The van der Waals surface area contributed by atoms with Gasteiger partial charge in [0.1, 0.15) is 0 Å². The molecule has 0 spiro atoms. The molecule has 0 radical (unpaired) electrons. The predicted molar refractivity (Wildman–Crippen MR) is 112 cm³/mol. The number of aromatic amines is 1. The predicted octanol–water partition coefficient (Wildman–Crippen LogP) is 3.62. The molecular weight excluding hydrogens is 441 g/mol. The van der Waals surface area contributed by atoms with Crippen molar-refractivity contribution >= 4 is 45.5 Å². The monoisotopic (exact) mass is 461 g/mol. The Balaban J connectivity index is 1.51. The fourth-order valence-electron chi connectivity index (χ4n) is 2.81. The number of carbonyl (C=O) groups is 1. The van der Waals surface area contributed by atoms with Crippen molar-refractivity contribution in [2.75, 3.05) is 6.54 Å². The summed E-state index contributed by atoms with van der Waals surface area (Å²) < 4.78 is 1.20. The first-order valence-corrected chi connectivity index (χ1v) is 9.42. The zero-order valence-electron chi connectivity index (χ0n) is 14.1. The number of hydroxylamine groups is 1. The molecule has 26 heavy (non-hydrogen) atoms. The van der Waals surface area contributed by atoms with Crippen LogP contribution in [0.1, 0.15) is 16.7 Å². The summed E-state index contributed by atoms with van der Waals surface area (Å²) in [7, 11) is 0. The Hall–Kier alpha value is -2.16. The number of H-pyrrole nitrogens is 1. The van der Waals surface area contributed by atoms with E-state index in [0.717, 1.165) is 25.1 Å². The summed E-state index contributed by atoms with van der Waals surface area (Å²) in [6.07, 6.45) is 3.91. The normalized spacial score (nSPS) is 11.3. The highest BCUT2D eigenvalue weighted by molar-refractivity contribution is 14.1. The van der Waals surface area contributed by atoms with Crippen molar-refractivity contribution in [3.8, 4) is 0 Å². The van der Waals surface area contributed by atoms with E-state index in [1.807, 2.05) is 30.3 Å². The van der Waals surface area contributed by atoms with Crippen molar-refractivity contribution in [1.29, 1.82) is 0 Å². The van der Waals surface area contributed by atoms with Gasteiger partial charge < -0.3 is 10.3 Å². The molecule has 0 unspecified atom stereocenters. The maximum atomic E-state index is 11.0. The number of carbonyl (C=O) groups excluding carboxylic acids is 1. The highest BCUT2D eigenvalue weighted by Gasteiger charge is 2.08. The average molecular weight is 461 g/mol. The van der Waals surface area contributed by atoms with Crippen LogP contribution in [-0.2, 0) is 17.8 Å². The molecule has 6 heteroatoms. The number of benzene rings is 2. The molecule has 1 heterocycles. The number of fused-ring (bicyclic) bond motifs is 1. The van der Waals surface area contributed by atoms with E-state index in [1.54, 1.807) is 11.6 Å². The van der Waals surface area contributed by atoms with Gasteiger partial charge in [-0.1, -0.05) is 42.5 Å². The molecule has 3 aromatic rings. The van der Waals surface area contributed by atoms with Gasteiger partial charge in [0.25, 0.3) is 5.91 Å². The van der Waals surface area contributed by atoms with Crippen LogP contribution in [0.5, 0.6) is 0 Å². The van der Waals surface area contributed by atoms with Gasteiger partial charge in [0, 0.05) is 23.5 Å². The molecule has 134 valence electrons. The quantitative estimate of drug-likeness (QED) is 0.143. The highest BCUT2D eigenvalue weighted by atomic mass is 127. The second-order valence-corrected chi connectivity index (χ2v) is 7.02. The van der Waals surface area contributed by atoms with Crippen LogP contribution in [0, 0.1) is 3.70 Å². The maximum Gasteiger partial charge on any atom is 0.267 e. The smallest absolute Gasteiger partial charge is 0.267 e. The second-order valence-electron chi connectivity index (χ2n) is 5.94. The van der Waals surface area contributed by atoms with Crippen molar-refractivity contribution < 1.29 is 10.0 Å². The molecule has 0 aliphatic carbocycles. The standard InChI is InChI=1S/C20H20IN3O2/c21-20-17(16-3-1-2-4-18(16)23-20)11-12-22-13-15-7-5-14(6-8-15)9-10-19(25)24-26/h1-10,22-23,26H,11-13H2,(H,24,25)/b10-9+. The summed E-state index contributed by atoms with van der Waals surface area (Å²) >= 11 is 2.36. The van der Waals surface area contributed by atoms with Crippen molar-refractivity contribution in [3.63, 3.8) is 0 Å². The van der Waals surface area contributed by atoms with Crippen LogP contribution >= 0.6 is 22.6 Å². The van der Waals surface area contributed by atoms with Crippen LogP contribution in [0.4, 0.5) is 0 Å².